The van der Waals surface area contributed by atoms with Crippen molar-refractivity contribution in [1.29, 1.82) is 5.26 Å². The van der Waals surface area contributed by atoms with Crippen LogP contribution >= 0.6 is 0 Å². The summed E-state index contributed by atoms with van der Waals surface area (Å²) in [6, 6.07) is 1.89. The number of nitrogen functional groups attached to an aromatic ring is 1. The normalized spacial score (nSPS) is 11.9. The molecule has 5 nitrogen and oxygen atoms in total. The van der Waals surface area contributed by atoms with E-state index >= 15 is 0 Å². The van der Waals surface area contributed by atoms with Gasteiger partial charge in [0.15, 0.2) is 11.6 Å². The molecule has 1 rings (SSSR count). The van der Waals surface area contributed by atoms with Crippen molar-refractivity contribution in [1.82, 2.24) is 9.97 Å². The Morgan fingerprint density at radius 3 is 3.00 bits per heavy atom. The maximum Gasteiger partial charge on any atom is 0.222 e. The monoisotopic (exact) mass is 209 g/mol. The Balaban J connectivity index is 2.95. The molecule has 80 valence electrons. The summed E-state index contributed by atoms with van der Waals surface area (Å²) in [6.45, 7) is 1.81. The Morgan fingerprint density at radius 1 is 1.73 bits per heavy atom. The van der Waals surface area contributed by atoms with Crippen LogP contribution in [0.25, 0.3) is 0 Å². The molecule has 0 saturated carbocycles. The average Bonchev–Trinajstić information content (AvgIpc) is 2.21. The van der Waals surface area contributed by atoms with E-state index in [1.54, 1.807) is 18.9 Å². The minimum Gasteiger partial charge on any atom is -0.368 e. The molecule has 1 aromatic rings. The summed E-state index contributed by atoms with van der Waals surface area (Å²) in [5.41, 5.74) is 5.36. The van der Waals surface area contributed by atoms with Gasteiger partial charge in [-0.05, 0) is 6.92 Å². The fourth-order valence-electron chi connectivity index (χ4n) is 1.10. The van der Waals surface area contributed by atoms with Crippen molar-refractivity contribution < 1.29 is 4.39 Å². The van der Waals surface area contributed by atoms with Gasteiger partial charge in [-0.2, -0.15) is 10.2 Å². The number of nitriles is 1. The van der Waals surface area contributed by atoms with Gasteiger partial charge in [0.1, 0.15) is 0 Å². The zero-order valence-corrected chi connectivity index (χ0v) is 8.61. The van der Waals surface area contributed by atoms with Crippen LogP contribution in [0.5, 0.6) is 0 Å². The van der Waals surface area contributed by atoms with E-state index in [9.17, 15) is 4.39 Å². The highest BCUT2D eigenvalue weighted by atomic mass is 19.1. The highest BCUT2D eigenvalue weighted by Gasteiger charge is 2.15. The van der Waals surface area contributed by atoms with Crippen LogP contribution in [0, 0.1) is 17.1 Å². The summed E-state index contributed by atoms with van der Waals surface area (Å²) >= 11 is 0. The molecule has 0 radical (unpaired) electrons. The number of anilines is 2. The molecule has 0 saturated heterocycles. The molecule has 1 heterocycles. The average molecular weight is 209 g/mol. The summed E-state index contributed by atoms with van der Waals surface area (Å²) in [5, 5.41) is 8.53. The zero-order valence-electron chi connectivity index (χ0n) is 8.61. The Morgan fingerprint density at radius 2 is 2.40 bits per heavy atom. The third kappa shape index (κ3) is 2.53. The van der Waals surface area contributed by atoms with Crippen molar-refractivity contribution in [3.8, 4) is 6.07 Å². The van der Waals surface area contributed by atoms with E-state index in [4.69, 9.17) is 11.0 Å². The summed E-state index contributed by atoms with van der Waals surface area (Å²) in [6.07, 6.45) is 1.31. The second-order valence-electron chi connectivity index (χ2n) is 3.22. The van der Waals surface area contributed by atoms with Gasteiger partial charge in [0.25, 0.3) is 0 Å². The van der Waals surface area contributed by atoms with E-state index in [1.165, 1.54) is 0 Å². The fraction of sp³-hybridized carbons (Fsp3) is 0.444. The number of aromatic nitrogens is 2. The lowest BCUT2D eigenvalue weighted by Crippen LogP contribution is -2.30. The highest BCUT2D eigenvalue weighted by Crippen LogP contribution is 2.17. The Hall–Kier alpha value is -1.90. The van der Waals surface area contributed by atoms with E-state index < -0.39 is 5.82 Å². The van der Waals surface area contributed by atoms with Gasteiger partial charge >= 0.3 is 0 Å². The fourth-order valence-corrected chi connectivity index (χ4v) is 1.10. The molecule has 1 atom stereocenters. The first-order valence-electron chi connectivity index (χ1n) is 4.44. The number of nitrogens with two attached hydrogens (primary N) is 1. The maximum absolute atomic E-state index is 13.3. The predicted octanol–water partition coefficient (Wildman–Crippen LogP) is 0.936. The van der Waals surface area contributed by atoms with Gasteiger partial charge in [-0.1, -0.05) is 0 Å². The molecule has 1 unspecified atom stereocenters. The SMILES string of the molecule is CC(CC#N)N(C)c1nc(N)ncc1F. The van der Waals surface area contributed by atoms with E-state index in [0.717, 1.165) is 6.20 Å². The minimum atomic E-state index is -0.545. The third-order valence-electron chi connectivity index (χ3n) is 2.13. The van der Waals surface area contributed by atoms with Crippen LogP contribution in [-0.2, 0) is 0 Å². The van der Waals surface area contributed by atoms with Gasteiger partial charge in [0.05, 0.1) is 18.7 Å². The van der Waals surface area contributed by atoms with Gasteiger partial charge in [0, 0.05) is 13.1 Å². The van der Waals surface area contributed by atoms with Crippen molar-refractivity contribution >= 4 is 11.8 Å². The van der Waals surface area contributed by atoms with Crippen LogP contribution in [0.3, 0.4) is 0 Å². The Kier molecular flexibility index (Phi) is 3.39. The minimum absolute atomic E-state index is 0.0161. The lowest BCUT2D eigenvalue weighted by atomic mass is 10.2. The van der Waals surface area contributed by atoms with Crippen molar-refractivity contribution in [2.45, 2.75) is 19.4 Å². The van der Waals surface area contributed by atoms with Gasteiger partial charge in [-0.25, -0.2) is 9.37 Å². The number of rotatable bonds is 3. The molecule has 15 heavy (non-hydrogen) atoms. The molecule has 0 spiro atoms. The molecule has 0 aliphatic rings. The first-order valence-corrected chi connectivity index (χ1v) is 4.44. The van der Waals surface area contributed by atoms with E-state index in [1.807, 2.05) is 6.07 Å². The molecule has 6 heteroatoms. The molecule has 0 bridgehead atoms. The molecular weight excluding hydrogens is 197 g/mol. The molecule has 0 aromatic carbocycles. The highest BCUT2D eigenvalue weighted by molar-refractivity contribution is 5.42. The van der Waals surface area contributed by atoms with Gasteiger partial charge in [-0.3, -0.25) is 0 Å². The molecule has 0 amide bonds. The van der Waals surface area contributed by atoms with Crippen LogP contribution in [0.1, 0.15) is 13.3 Å². The number of nitrogens with zero attached hydrogens (tertiary/aromatic N) is 4. The first-order chi connectivity index (χ1) is 7.06. The van der Waals surface area contributed by atoms with E-state index in [-0.39, 0.29) is 17.8 Å². The largest absolute Gasteiger partial charge is 0.368 e. The predicted molar refractivity (Wildman–Crippen MR) is 54.5 cm³/mol. The molecule has 0 aliphatic carbocycles. The number of hydrogen-bond acceptors (Lipinski definition) is 5. The summed E-state index contributed by atoms with van der Waals surface area (Å²) in [4.78, 5) is 8.88. The van der Waals surface area contributed by atoms with Crippen LogP contribution in [-0.4, -0.2) is 23.1 Å². The maximum atomic E-state index is 13.3. The van der Waals surface area contributed by atoms with E-state index in [0.29, 0.717) is 6.42 Å². The van der Waals surface area contributed by atoms with Crippen molar-refractivity contribution in [2.24, 2.45) is 0 Å². The molecule has 2 N–H and O–H groups in total. The molecule has 1 aromatic heterocycles. The van der Waals surface area contributed by atoms with Crippen LogP contribution in [0.4, 0.5) is 16.2 Å². The summed E-state index contributed by atoms with van der Waals surface area (Å²) in [5.74, 6) is -0.413. The Labute approximate surface area is 87.4 Å². The van der Waals surface area contributed by atoms with E-state index in [2.05, 4.69) is 9.97 Å². The second kappa shape index (κ2) is 4.55. The quantitative estimate of drug-likeness (QED) is 0.801. The van der Waals surface area contributed by atoms with Crippen molar-refractivity contribution in [2.75, 3.05) is 17.7 Å². The third-order valence-corrected chi connectivity index (χ3v) is 2.13. The van der Waals surface area contributed by atoms with Gasteiger partial charge in [-0.15, -0.1) is 0 Å². The Bertz CT molecular complexity index is 387. The van der Waals surface area contributed by atoms with Gasteiger partial charge in [0.2, 0.25) is 5.95 Å². The summed E-state index contributed by atoms with van der Waals surface area (Å²) < 4.78 is 13.3. The van der Waals surface area contributed by atoms with Crippen LogP contribution < -0.4 is 10.6 Å². The molecular formula is C9H12FN5. The molecule has 0 fully saturated rings. The molecule has 0 aliphatic heterocycles. The number of halogens is 1. The lowest BCUT2D eigenvalue weighted by Gasteiger charge is -2.24. The summed E-state index contributed by atoms with van der Waals surface area (Å²) in [7, 11) is 1.66. The topological polar surface area (TPSA) is 78.8 Å². The van der Waals surface area contributed by atoms with Crippen LogP contribution in [0.2, 0.25) is 0 Å². The standard InChI is InChI=1S/C9H12FN5/c1-6(3-4-11)15(2)8-7(10)5-13-9(12)14-8/h5-6H,3H2,1-2H3,(H2,12,13,14). The first kappa shape index (κ1) is 11.2. The number of hydrogen-bond donors (Lipinski definition) is 1. The smallest absolute Gasteiger partial charge is 0.222 e. The second-order valence-corrected chi connectivity index (χ2v) is 3.22. The lowest BCUT2D eigenvalue weighted by molar-refractivity contribution is 0.592. The van der Waals surface area contributed by atoms with Crippen molar-refractivity contribution in [3.63, 3.8) is 0 Å². The van der Waals surface area contributed by atoms with Crippen molar-refractivity contribution in [3.05, 3.63) is 12.0 Å². The zero-order chi connectivity index (χ0) is 11.4. The van der Waals surface area contributed by atoms with Crippen LogP contribution in [0.15, 0.2) is 6.20 Å². The van der Waals surface area contributed by atoms with Gasteiger partial charge < -0.3 is 10.6 Å².